The van der Waals surface area contributed by atoms with E-state index in [4.69, 9.17) is 4.74 Å². The molecule has 1 aliphatic rings. The molecule has 0 bridgehead atoms. The van der Waals surface area contributed by atoms with Crippen molar-refractivity contribution in [2.24, 2.45) is 17.8 Å². The first-order valence-corrected chi connectivity index (χ1v) is 6.69. The first-order valence-electron chi connectivity index (χ1n) is 6.69. The van der Waals surface area contributed by atoms with E-state index in [0.717, 1.165) is 13.2 Å². The van der Waals surface area contributed by atoms with Crippen molar-refractivity contribution in [2.45, 2.75) is 13.8 Å². The van der Waals surface area contributed by atoms with Crippen LogP contribution in [0.5, 0.6) is 0 Å². The summed E-state index contributed by atoms with van der Waals surface area (Å²) in [5.74, 6) is 1.44. The minimum Gasteiger partial charge on any atom is -0.380 e. The molecular formula is C17H22O. The van der Waals surface area contributed by atoms with Gasteiger partial charge in [-0.3, -0.25) is 0 Å². The molecule has 0 aliphatic carbocycles. The summed E-state index contributed by atoms with van der Waals surface area (Å²) in [4.78, 5) is 0. The second-order valence-corrected chi connectivity index (χ2v) is 5.28. The van der Waals surface area contributed by atoms with Crippen LogP contribution in [0.15, 0.2) is 49.1 Å². The Morgan fingerprint density at radius 2 is 2.00 bits per heavy atom. The van der Waals surface area contributed by atoms with Gasteiger partial charge >= 0.3 is 0 Å². The van der Waals surface area contributed by atoms with Crippen LogP contribution < -0.4 is 0 Å². The fourth-order valence-electron chi connectivity index (χ4n) is 2.55. The van der Waals surface area contributed by atoms with Crippen LogP contribution in [0.3, 0.4) is 0 Å². The molecule has 1 aliphatic heterocycles. The van der Waals surface area contributed by atoms with Crippen molar-refractivity contribution in [3.05, 3.63) is 54.6 Å². The molecule has 2 atom stereocenters. The van der Waals surface area contributed by atoms with Crippen LogP contribution in [0.4, 0.5) is 0 Å². The molecule has 0 spiro atoms. The normalized spacial score (nSPS) is 24.5. The molecular weight excluding hydrogens is 220 g/mol. The molecule has 96 valence electrons. The zero-order valence-electron chi connectivity index (χ0n) is 11.3. The van der Waals surface area contributed by atoms with E-state index in [1.807, 2.05) is 6.08 Å². The third-order valence-corrected chi connectivity index (χ3v) is 3.45. The Morgan fingerprint density at radius 3 is 2.61 bits per heavy atom. The number of rotatable bonds is 4. The standard InChI is InChI=1S/C17H22O/c1-4-14-11-18-12-17(14)16(10-13(2)3)15-8-6-5-7-9-15/h4-10,13-14,17H,1,11-12H2,2-3H3/b16-10-/t14-,17+/m1/s1. The van der Waals surface area contributed by atoms with Crippen molar-refractivity contribution in [1.29, 1.82) is 0 Å². The highest BCUT2D eigenvalue weighted by molar-refractivity contribution is 5.68. The first-order chi connectivity index (χ1) is 8.72. The van der Waals surface area contributed by atoms with Crippen LogP contribution in [0.25, 0.3) is 5.57 Å². The van der Waals surface area contributed by atoms with Crippen LogP contribution in [-0.4, -0.2) is 13.2 Å². The Labute approximate surface area is 110 Å². The predicted molar refractivity (Wildman–Crippen MR) is 77.3 cm³/mol. The molecule has 1 nitrogen and oxygen atoms in total. The number of benzene rings is 1. The van der Waals surface area contributed by atoms with Crippen molar-refractivity contribution in [2.75, 3.05) is 13.2 Å². The molecule has 0 saturated carbocycles. The Bertz CT molecular complexity index is 416. The summed E-state index contributed by atoms with van der Waals surface area (Å²) in [6, 6.07) is 10.6. The Morgan fingerprint density at radius 1 is 1.28 bits per heavy atom. The number of allylic oxidation sites excluding steroid dienone is 1. The van der Waals surface area contributed by atoms with E-state index < -0.39 is 0 Å². The van der Waals surface area contributed by atoms with Crippen LogP contribution in [0.2, 0.25) is 0 Å². The molecule has 1 heterocycles. The number of hydrogen-bond acceptors (Lipinski definition) is 1. The van der Waals surface area contributed by atoms with Crippen molar-refractivity contribution in [3.63, 3.8) is 0 Å². The highest BCUT2D eigenvalue weighted by Crippen LogP contribution is 2.35. The van der Waals surface area contributed by atoms with Crippen LogP contribution in [0, 0.1) is 17.8 Å². The smallest absolute Gasteiger partial charge is 0.0541 e. The maximum Gasteiger partial charge on any atom is 0.0541 e. The Hall–Kier alpha value is -1.34. The third-order valence-electron chi connectivity index (χ3n) is 3.45. The largest absolute Gasteiger partial charge is 0.380 e. The van der Waals surface area contributed by atoms with Gasteiger partial charge in [-0.05, 0) is 17.1 Å². The highest BCUT2D eigenvalue weighted by Gasteiger charge is 2.29. The molecule has 2 rings (SSSR count). The van der Waals surface area contributed by atoms with Gasteiger partial charge in [-0.1, -0.05) is 56.3 Å². The van der Waals surface area contributed by atoms with Crippen LogP contribution >= 0.6 is 0 Å². The lowest BCUT2D eigenvalue weighted by atomic mass is 9.83. The van der Waals surface area contributed by atoms with Gasteiger partial charge in [0.2, 0.25) is 0 Å². The molecule has 1 fully saturated rings. The molecule has 1 saturated heterocycles. The van der Waals surface area contributed by atoms with E-state index in [-0.39, 0.29) is 0 Å². The Kier molecular flexibility index (Phi) is 4.38. The van der Waals surface area contributed by atoms with E-state index in [1.54, 1.807) is 0 Å². The van der Waals surface area contributed by atoms with Gasteiger partial charge in [0.25, 0.3) is 0 Å². The second kappa shape index (κ2) is 6.01. The minimum absolute atomic E-state index is 0.440. The van der Waals surface area contributed by atoms with Crippen molar-refractivity contribution in [3.8, 4) is 0 Å². The van der Waals surface area contributed by atoms with Crippen molar-refractivity contribution in [1.82, 2.24) is 0 Å². The molecule has 1 heteroatoms. The van der Waals surface area contributed by atoms with Crippen LogP contribution in [-0.2, 0) is 4.74 Å². The zero-order chi connectivity index (χ0) is 13.0. The van der Waals surface area contributed by atoms with Crippen molar-refractivity contribution >= 4 is 5.57 Å². The highest BCUT2D eigenvalue weighted by atomic mass is 16.5. The monoisotopic (exact) mass is 242 g/mol. The van der Waals surface area contributed by atoms with Crippen molar-refractivity contribution < 1.29 is 4.74 Å². The lowest BCUT2D eigenvalue weighted by Gasteiger charge is -2.20. The fraction of sp³-hybridized carbons (Fsp3) is 0.412. The van der Waals surface area contributed by atoms with Gasteiger partial charge < -0.3 is 4.74 Å². The van der Waals surface area contributed by atoms with Gasteiger partial charge in [-0.2, -0.15) is 0 Å². The van der Waals surface area contributed by atoms with Gasteiger partial charge in [-0.25, -0.2) is 0 Å². The minimum atomic E-state index is 0.440. The summed E-state index contributed by atoms with van der Waals surface area (Å²) in [7, 11) is 0. The summed E-state index contributed by atoms with van der Waals surface area (Å²) < 4.78 is 5.63. The lowest BCUT2D eigenvalue weighted by Crippen LogP contribution is -2.12. The van der Waals surface area contributed by atoms with E-state index >= 15 is 0 Å². The van der Waals surface area contributed by atoms with Gasteiger partial charge in [0.1, 0.15) is 0 Å². The number of ether oxygens (including phenoxy) is 1. The molecule has 18 heavy (non-hydrogen) atoms. The van der Waals surface area contributed by atoms with Gasteiger partial charge in [0, 0.05) is 11.8 Å². The molecule has 0 unspecified atom stereocenters. The molecule has 0 radical (unpaired) electrons. The second-order valence-electron chi connectivity index (χ2n) is 5.28. The fourth-order valence-corrected chi connectivity index (χ4v) is 2.55. The summed E-state index contributed by atoms with van der Waals surface area (Å²) in [6.45, 7) is 10.0. The Balaban J connectivity index is 2.35. The SMILES string of the molecule is C=C[C@@H]1COC[C@@H]1/C(=C\C(C)C)c1ccccc1. The molecule has 0 amide bonds. The summed E-state index contributed by atoms with van der Waals surface area (Å²) in [5, 5.41) is 0. The maximum absolute atomic E-state index is 5.63. The maximum atomic E-state index is 5.63. The summed E-state index contributed by atoms with van der Waals surface area (Å²) >= 11 is 0. The van der Waals surface area contributed by atoms with Gasteiger partial charge in [0.15, 0.2) is 0 Å². The van der Waals surface area contributed by atoms with E-state index in [2.05, 4.69) is 56.8 Å². The molecule has 1 aromatic rings. The quantitative estimate of drug-likeness (QED) is 0.720. The summed E-state index contributed by atoms with van der Waals surface area (Å²) in [5.41, 5.74) is 2.72. The molecule has 1 aromatic carbocycles. The third kappa shape index (κ3) is 2.91. The first kappa shape index (κ1) is 13.1. The summed E-state index contributed by atoms with van der Waals surface area (Å²) in [6.07, 6.45) is 4.40. The zero-order valence-corrected chi connectivity index (χ0v) is 11.3. The molecule has 0 N–H and O–H groups in total. The van der Waals surface area contributed by atoms with Crippen LogP contribution in [0.1, 0.15) is 19.4 Å². The average molecular weight is 242 g/mol. The topological polar surface area (TPSA) is 9.23 Å². The predicted octanol–water partition coefficient (Wildman–Crippen LogP) is 4.17. The average Bonchev–Trinajstić information content (AvgIpc) is 2.85. The lowest BCUT2D eigenvalue weighted by molar-refractivity contribution is 0.187. The van der Waals surface area contributed by atoms with E-state index in [0.29, 0.717) is 17.8 Å². The van der Waals surface area contributed by atoms with E-state index in [1.165, 1.54) is 11.1 Å². The van der Waals surface area contributed by atoms with Gasteiger partial charge in [0.05, 0.1) is 13.2 Å². The number of hydrogen-bond donors (Lipinski definition) is 0. The van der Waals surface area contributed by atoms with Gasteiger partial charge in [-0.15, -0.1) is 6.58 Å². The molecule has 0 aromatic heterocycles. The van der Waals surface area contributed by atoms with E-state index in [9.17, 15) is 0 Å².